The van der Waals surface area contributed by atoms with Crippen molar-refractivity contribution in [1.82, 2.24) is 25.6 Å². The lowest BCUT2D eigenvalue weighted by atomic mass is 9.94. The van der Waals surface area contributed by atoms with Gasteiger partial charge in [-0.3, -0.25) is 9.59 Å². The predicted octanol–water partition coefficient (Wildman–Crippen LogP) is 3.59. The summed E-state index contributed by atoms with van der Waals surface area (Å²) in [7, 11) is 0. The van der Waals surface area contributed by atoms with Crippen LogP contribution < -0.4 is 5.32 Å². The Hall–Kier alpha value is -3.69. The summed E-state index contributed by atoms with van der Waals surface area (Å²) in [6.45, 7) is 3.50. The Morgan fingerprint density at radius 3 is 2.60 bits per heavy atom. The fourth-order valence-corrected chi connectivity index (χ4v) is 4.35. The second-order valence-corrected chi connectivity index (χ2v) is 8.97. The van der Waals surface area contributed by atoms with E-state index in [0.717, 1.165) is 0 Å². The van der Waals surface area contributed by atoms with Crippen molar-refractivity contribution in [2.24, 2.45) is 0 Å². The Kier molecular flexibility index (Phi) is 7.18. The summed E-state index contributed by atoms with van der Waals surface area (Å²) < 4.78 is 43.1. The zero-order chi connectivity index (χ0) is 25.1. The smallest absolute Gasteiger partial charge is 0.243 e. The SMILES string of the molecule is CC(C)c1ccc([C@H](NC(=O)[C@@H]2C[C@@H](F)CN2C(=O)Cc2cn[nH]n2)c2cccc(F)c2)cc1F. The van der Waals surface area contributed by atoms with E-state index < -0.39 is 41.7 Å². The number of nitrogens with one attached hydrogen (secondary N) is 2. The molecule has 0 spiro atoms. The van der Waals surface area contributed by atoms with Gasteiger partial charge in [0, 0.05) is 6.42 Å². The van der Waals surface area contributed by atoms with Crippen LogP contribution in [0.3, 0.4) is 0 Å². The number of nitrogens with zero attached hydrogens (tertiary/aromatic N) is 3. The number of benzene rings is 2. The van der Waals surface area contributed by atoms with Crippen LogP contribution in [-0.2, 0) is 16.0 Å². The van der Waals surface area contributed by atoms with Crippen LogP contribution in [-0.4, -0.2) is 50.9 Å². The molecule has 2 N–H and O–H groups in total. The number of rotatable bonds is 7. The average molecular weight is 486 g/mol. The van der Waals surface area contributed by atoms with Crippen molar-refractivity contribution in [1.29, 1.82) is 0 Å². The highest BCUT2D eigenvalue weighted by atomic mass is 19.1. The number of carbonyl (C=O) groups excluding carboxylic acids is 2. The fourth-order valence-electron chi connectivity index (χ4n) is 4.35. The summed E-state index contributed by atoms with van der Waals surface area (Å²) in [6, 6.07) is 8.26. The molecule has 184 valence electrons. The number of hydrogen-bond acceptors (Lipinski definition) is 4. The van der Waals surface area contributed by atoms with Crippen LogP contribution >= 0.6 is 0 Å². The molecule has 0 unspecified atom stereocenters. The molecule has 0 aliphatic carbocycles. The predicted molar refractivity (Wildman–Crippen MR) is 122 cm³/mol. The van der Waals surface area contributed by atoms with Gasteiger partial charge < -0.3 is 10.2 Å². The molecule has 10 heteroatoms. The molecule has 2 aromatic carbocycles. The summed E-state index contributed by atoms with van der Waals surface area (Å²) in [6.07, 6.45) is -0.303. The van der Waals surface area contributed by atoms with Gasteiger partial charge in [0.1, 0.15) is 23.8 Å². The fraction of sp³-hybridized carbons (Fsp3) is 0.360. The maximum Gasteiger partial charge on any atom is 0.243 e. The lowest BCUT2D eigenvalue weighted by Gasteiger charge is -2.27. The van der Waals surface area contributed by atoms with Crippen LogP contribution in [0.15, 0.2) is 48.7 Å². The van der Waals surface area contributed by atoms with E-state index in [9.17, 15) is 22.8 Å². The van der Waals surface area contributed by atoms with E-state index in [1.54, 1.807) is 18.2 Å². The lowest BCUT2D eigenvalue weighted by Crippen LogP contribution is -2.47. The standard InChI is InChI=1S/C25H26F3N5O2/c1-14(2)20-7-6-16(9-21(20)28)24(15-4-3-5-17(26)8-15)30-25(35)22-10-18(27)13-33(22)23(34)11-19-12-29-32-31-19/h3-9,12,14,18,22,24H,10-11,13H2,1-2H3,(H,30,35)(H,29,31,32)/t18-,22+,24-/m1/s1. The number of carbonyl (C=O) groups is 2. The number of likely N-dealkylation sites (tertiary alicyclic amines) is 1. The first kappa shape index (κ1) is 24.4. The molecule has 2 amide bonds. The summed E-state index contributed by atoms with van der Waals surface area (Å²) >= 11 is 0. The molecule has 3 atom stereocenters. The van der Waals surface area contributed by atoms with Gasteiger partial charge in [0.25, 0.3) is 0 Å². The van der Waals surface area contributed by atoms with Gasteiger partial charge >= 0.3 is 0 Å². The maximum absolute atomic E-state index is 14.8. The van der Waals surface area contributed by atoms with Crippen LogP contribution in [0.4, 0.5) is 13.2 Å². The van der Waals surface area contributed by atoms with Crippen molar-refractivity contribution in [2.45, 2.75) is 50.9 Å². The number of hydrogen-bond donors (Lipinski definition) is 2. The topological polar surface area (TPSA) is 91.0 Å². The summed E-state index contributed by atoms with van der Waals surface area (Å²) in [4.78, 5) is 27.3. The molecule has 7 nitrogen and oxygen atoms in total. The molecule has 1 saturated heterocycles. The number of aromatic amines is 1. The number of alkyl halides is 1. The van der Waals surface area contributed by atoms with Gasteiger partial charge in [-0.1, -0.05) is 38.1 Å². The highest BCUT2D eigenvalue weighted by Crippen LogP contribution is 2.29. The molecule has 1 aliphatic heterocycles. The Morgan fingerprint density at radius 2 is 1.94 bits per heavy atom. The van der Waals surface area contributed by atoms with Crippen molar-refractivity contribution in [2.75, 3.05) is 6.54 Å². The highest BCUT2D eigenvalue weighted by molar-refractivity contribution is 5.89. The second-order valence-electron chi connectivity index (χ2n) is 8.97. The Morgan fingerprint density at radius 1 is 1.17 bits per heavy atom. The van der Waals surface area contributed by atoms with Crippen molar-refractivity contribution in [3.05, 3.63) is 82.7 Å². The highest BCUT2D eigenvalue weighted by Gasteiger charge is 2.40. The van der Waals surface area contributed by atoms with Gasteiger partial charge in [-0.2, -0.15) is 15.4 Å². The van der Waals surface area contributed by atoms with E-state index >= 15 is 0 Å². The molecular weight excluding hydrogens is 459 g/mol. The summed E-state index contributed by atoms with van der Waals surface area (Å²) in [5.74, 6) is -2.08. The normalized spacial score (nSPS) is 18.6. The van der Waals surface area contributed by atoms with Gasteiger partial charge in [0.2, 0.25) is 11.8 Å². The average Bonchev–Trinajstić information content (AvgIpc) is 3.46. The number of halogens is 3. The van der Waals surface area contributed by atoms with E-state index in [4.69, 9.17) is 0 Å². The monoisotopic (exact) mass is 485 g/mol. The van der Waals surface area contributed by atoms with Crippen molar-refractivity contribution in [3.8, 4) is 0 Å². The van der Waals surface area contributed by atoms with Crippen LogP contribution in [0.5, 0.6) is 0 Å². The van der Waals surface area contributed by atoms with Crippen LogP contribution in [0.1, 0.15) is 54.6 Å². The first-order chi connectivity index (χ1) is 16.7. The van der Waals surface area contributed by atoms with Gasteiger partial charge in [0.05, 0.1) is 30.9 Å². The molecule has 0 saturated carbocycles. The van der Waals surface area contributed by atoms with Crippen molar-refractivity contribution in [3.63, 3.8) is 0 Å². The number of amides is 2. The third-order valence-corrected chi connectivity index (χ3v) is 6.12. The first-order valence-corrected chi connectivity index (χ1v) is 11.4. The summed E-state index contributed by atoms with van der Waals surface area (Å²) in [5, 5.41) is 12.7. The minimum atomic E-state index is -1.37. The van der Waals surface area contributed by atoms with E-state index in [1.165, 1.54) is 35.4 Å². The molecule has 2 heterocycles. The van der Waals surface area contributed by atoms with Gasteiger partial charge in [0.15, 0.2) is 0 Å². The number of aromatic nitrogens is 3. The minimum Gasteiger partial charge on any atom is -0.343 e. The van der Waals surface area contributed by atoms with Gasteiger partial charge in [-0.25, -0.2) is 13.2 Å². The molecule has 4 rings (SSSR count). The molecule has 0 bridgehead atoms. The molecule has 0 radical (unpaired) electrons. The third-order valence-electron chi connectivity index (χ3n) is 6.12. The Bertz CT molecular complexity index is 1200. The Balaban J connectivity index is 1.61. The maximum atomic E-state index is 14.8. The van der Waals surface area contributed by atoms with E-state index in [1.807, 2.05) is 13.8 Å². The quantitative estimate of drug-likeness (QED) is 0.535. The zero-order valence-electron chi connectivity index (χ0n) is 19.3. The number of H-pyrrole nitrogens is 1. The molecule has 35 heavy (non-hydrogen) atoms. The Labute approximate surface area is 200 Å². The first-order valence-electron chi connectivity index (χ1n) is 11.4. The van der Waals surface area contributed by atoms with E-state index in [0.29, 0.717) is 22.4 Å². The van der Waals surface area contributed by atoms with Crippen molar-refractivity contribution < 1.29 is 22.8 Å². The minimum absolute atomic E-state index is 0.0458. The van der Waals surface area contributed by atoms with Crippen LogP contribution in [0.2, 0.25) is 0 Å². The van der Waals surface area contributed by atoms with E-state index in [-0.39, 0.29) is 25.3 Å². The van der Waals surface area contributed by atoms with E-state index in [2.05, 4.69) is 20.7 Å². The van der Waals surface area contributed by atoms with Gasteiger partial charge in [-0.15, -0.1) is 0 Å². The molecule has 1 aromatic heterocycles. The molecule has 1 fully saturated rings. The molecule has 1 aliphatic rings. The largest absolute Gasteiger partial charge is 0.343 e. The second kappa shape index (κ2) is 10.3. The third kappa shape index (κ3) is 5.52. The zero-order valence-corrected chi connectivity index (χ0v) is 19.3. The lowest BCUT2D eigenvalue weighted by molar-refractivity contribution is -0.138. The molecular formula is C25H26F3N5O2. The van der Waals surface area contributed by atoms with Crippen LogP contribution in [0.25, 0.3) is 0 Å². The van der Waals surface area contributed by atoms with Crippen LogP contribution in [0, 0.1) is 11.6 Å². The summed E-state index contributed by atoms with van der Waals surface area (Å²) in [5.41, 5.74) is 1.68. The van der Waals surface area contributed by atoms with Crippen molar-refractivity contribution >= 4 is 11.8 Å². The molecule has 3 aromatic rings. The van der Waals surface area contributed by atoms with Gasteiger partial charge in [-0.05, 0) is 40.8 Å².